The van der Waals surface area contributed by atoms with Crippen molar-refractivity contribution in [3.63, 3.8) is 0 Å². The van der Waals surface area contributed by atoms with E-state index in [2.05, 4.69) is 15.9 Å². The summed E-state index contributed by atoms with van der Waals surface area (Å²) in [6, 6.07) is 4.82. The van der Waals surface area contributed by atoms with Crippen LogP contribution in [0.1, 0.15) is 10.4 Å². The highest BCUT2D eigenvalue weighted by Crippen LogP contribution is 2.30. The van der Waals surface area contributed by atoms with Crippen LogP contribution in [-0.2, 0) is 0 Å². The molecule has 0 aliphatic rings. The average molecular weight is 258 g/mol. The summed E-state index contributed by atoms with van der Waals surface area (Å²) in [7, 11) is 0. The minimum Gasteiger partial charge on any atom is -0.205 e. The molecule has 0 amide bonds. The van der Waals surface area contributed by atoms with E-state index in [4.69, 9.17) is 23.2 Å². The smallest absolute Gasteiger partial charge is 0.143 e. The van der Waals surface area contributed by atoms with E-state index in [1.165, 1.54) is 0 Å². The first kappa shape index (κ1) is 9.30. The lowest BCUT2D eigenvalue weighted by molar-refractivity contribution is 0.609. The largest absolute Gasteiger partial charge is 0.205 e. The molecule has 0 saturated carbocycles. The lowest BCUT2D eigenvalue weighted by atomic mass is 10.2. The molecule has 1 rings (SSSR count). The van der Waals surface area contributed by atoms with Crippen LogP contribution < -0.4 is 0 Å². The van der Waals surface area contributed by atoms with Gasteiger partial charge in [0.15, 0.2) is 0 Å². The van der Waals surface area contributed by atoms with Crippen molar-refractivity contribution in [3.8, 4) is 0 Å². The van der Waals surface area contributed by atoms with Crippen molar-refractivity contribution in [3.05, 3.63) is 34.1 Å². The molecule has 0 N–H and O–H groups in total. The van der Waals surface area contributed by atoms with Gasteiger partial charge in [-0.25, -0.2) is 4.39 Å². The summed E-state index contributed by atoms with van der Waals surface area (Å²) in [6.07, 6.45) is 0. The summed E-state index contributed by atoms with van der Waals surface area (Å²) < 4.78 is 13.4. The molecule has 0 aromatic heterocycles. The normalized spacial score (nSPS) is 10.6. The molecule has 0 atom stereocenters. The topological polar surface area (TPSA) is 0 Å². The van der Waals surface area contributed by atoms with Crippen molar-refractivity contribution in [2.24, 2.45) is 0 Å². The zero-order chi connectivity index (χ0) is 8.43. The van der Waals surface area contributed by atoms with Gasteiger partial charge < -0.3 is 0 Å². The fourth-order valence-corrected chi connectivity index (χ4v) is 1.41. The van der Waals surface area contributed by atoms with Gasteiger partial charge in [-0.05, 0) is 22.0 Å². The first-order valence-corrected chi connectivity index (χ1v) is 4.51. The predicted molar refractivity (Wildman–Crippen MR) is 48.5 cm³/mol. The number of hydrogen-bond acceptors (Lipinski definition) is 0. The van der Waals surface area contributed by atoms with E-state index < -0.39 is 10.7 Å². The maximum Gasteiger partial charge on any atom is 0.143 e. The quantitative estimate of drug-likeness (QED) is 0.666. The van der Waals surface area contributed by atoms with E-state index in [-0.39, 0.29) is 0 Å². The van der Waals surface area contributed by atoms with E-state index in [9.17, 15) is 4.39 Å². The van der Waals surface area contributed by atoms with Gasteiger partial charge in [-0.2, -0.15) is 0 Å². The van der Waals surface area contributed by atoms with Gasteiger partial charge in [-0.15, -0.1) is 0 Å². The van der Waals surface area contributed by atoms with Gasteiger partial charge in [-0.3, -0.25) is 0 Å². The lowest BCUT2D eigenvalue weighted by Gasteiger charge is -2.03. The standard InChI is InChI=1S/C7H4BrCl2F/c8-5-3-1-2-4(6(5)11)7(9)10/h1-3,7H. The second kappa shape index (κ2) is 3.74. The van der Waals surface area contributed by atoms with E-state index >= 15 is 0 Å². The minimum atomic E-state index is -0.812. The number of benzene rings is 1. The molecule has 60 valence electrons. The summed E-state index contributed by atoms with van der Waals surface area (Å²) in [5.41, 5.74) is 0.294. The van der Waals surface area contributed by atoms with Crippen molar-refractivity contribution < 1.29 is 4.39 Å². The van der Waals surface area contributed by atoms with Gasteiger partial charge >= 0.3 is 0 Å². The Morgan fingerprint density at radius 1 is 1.36 bits per heavy atom. The van der Waals surface area contributed by atoms with Crippen LogP contribution in [0.4, 0.5) is 4.39 Å². The Bertz CT molecular complexity index is 263. The van der Waals surface area contributed by atoms with Crippen molar-refractivity contribution in [2.75, 3.05) is 0 Å². The zero-order valence-corrected chi connectivity index (χ0v) is 8.42. The van der Waals surface area contributed by atoms with Crippen LogP contribution in [0.25, 0.3) is 0 Å². The Morgan fingerprint density at radius 2 is 2.00 bits per heavy atom. The molecule has 0 unspecified atom stereocenters. The summed E-state index contributed by atoms with van der Waals surface area (Å²) in [4.78, 5) is -0.812. The molecule has 0 fully saturated rings. The highest BCUT2D eigenvalue weighted by atomic mass is 79.9. The molecule has 0 aliphatic heterocycles. The van der Waals surface area contributed by atoms with Crippen molar-refractivity contribution in [2.45, 2.75) is 4.84 Å². The molecule has 0 nitrogen and oxygen atoms in total. The van der Waals surface area contributed by atoms with E-state index in [1.54, 1.807) is 18.2 Å². The molecule has 0 spiro atoms. The predicted octanol–water partition coefficient (Wildman–Crippen LogP) is 4.06. The molecular weight excluding hydrogens is 254 g/mol. The van der Waals surface area contributed by atoms with Crippen molar-refractivity contribution >= 4 is 39.1 Å². The van der Waals surface area contributed by atoms with Crippen LogP contribution in [0, 0.1) is 5.82 Å². The summed E-state index contributed by atoms with van der Waals surface area (Å²) in [6.45, 7) is 0. The van der Waals surface area contributed by atoms with Crippen LogP contribution >= 0.6 is 39.1 Å². The first-order valence-electron chi connectivity index (χ1n) is 2.85. The Balaban J connectivity index is 3.17. The van der Waals surface area contributed by atoms with Crippen molar-refractivity contribution in [1.29, 1.82) is 0 Å². The number of rotatable bonds is 1. The van der Waals surface area contributed by atoms with Gasteiger partial charge in [0.05, 0.1) is 4.47 Å². The van der Waals surface area contributed by atoms with Gasteiger partial charge in [0.1, 0.15) is 10.7 Å². The number of halogens is 4. The minimum absolute atomic E-state index is 0.294. The highest BCUT2D eigenvalue weighted by Gasteiger charge is 2.11. The Morgan fingerprint density at radius 3 is 2.45 bits per heavy atom. The van der Waals surface area contributed by atoms with Gasteiger partial charge in [0, 0.05) is 5.56 Å². The first-order chi connectivity index (χ1) is 5.13. The maximum absolute atomic E-state index is 13.0. The van der Waals surface area contributed by atoms with Crippen LogP contribution in [0.3, 0.4) is 0 Å². The number of hydrogen-bond donors (Lipinski definition) is 0. The Labute approximate surface area is 82.4 Å². The average Bonchev–Trinajstić information content (AvgIpc) is 1.94. The molecule has 1 aromatic rings. The summed E-state index contributed by atoms with van der Waals surface area (Å²) >= 11 is 14.0. The van der Waals surface area contributed by atoms with Gasteiger partial charge in [0.2, 0.25) is 0 Å². The zero-order valence-electron chi connectivity index (χ0n) is 5.32. The molecule has 11 heavy (non-hydrogen) atoms. The third kappa shape index (κ3) is 2.08. The maximum atomic E-state index is 13.0. The van der Waals surface area contributed by atoms with Gasteiger partial charge in [-0.1, -0.05) is 35.3 Å². The molecule has 0 bridgehead atoms. The number of alkyl halides is 2. The fourth-order valence-electron chi connectivity index (χ4n) is 0.689. The van der Waals surface area contributed by atoms with Crippen LogP contribution in [0.15, 0.2) is 22.7 Å². The molecule has 4 heteroatoms. The molecule has 0 heterocycles. The second-order valence-electron chi connectivity index (χ2n) is 1.94. The van der Waals surface area contributed by atoms with E-state index in [1.807, 2.05) is 0 Å². The fraction of sp³-hybridized carbons (Fsp3) is 0.143. The van der Waals surface area contributed by atoms with E-state index in [0.29, 0.717) is 10.0 Å². The third-order valence-corrected chi connectivity index (χ3v) is 2.30. The van der Waals surface area contributed by atoms with Crippen LogP contribution in [0.5, 0.6) is 0 Å². The molecule has 0 radical (unpaired) electrons. The highest BCUT2D eigenvalue weighted by molar-refractivity contribution is 9.10. The Hall–Kier alpha value is 0.210. The van der Waals surface area contributed by atoms with Gasteiger partial charge in [0.25, 0.3) is 0 Å². The summed E-state index contributed by atoms with van der Waals surface area (Å²) in [5.74, 6) is -0.400. The van der Waals surface area contributed by atoms with Crippen molar-refractivity contribution in [1.82, 2.24) is 0 Å². The van der Waals surface area contributed by atoms with Crippen LogP contribution in [-0.4, -0.2) is 0 Å². The molecule has 1 aromatic carbocycles. The lowest BCUT2D eigenvalue weighted by Crippen LogP contribution is -1.88. The summed E-state index contributed by atoms with van der Waals surface area (Å²) in [5, 5.41) is 0. The third-order valence-electron chi connectivity index (χ3n) is 1.22. The van der Waals surface area contributed by atoms with E-state index in [0.717, 1.165) is 0 Å². The molecule has 0 saturated heterocycles. The Kier molecular flexibility index (Phi) is 3.16. The monoisotopic (exact) mass is 256 g/mol. The van der Waals surface area contributed by atoms with Crippen LogP contribution in [0.2, 0.25) is 0 Å². The SMILES string of the molecule is Fc1c(Br)cccc1C(Cl)Cl. The molecular formula is C7H4BrCl2F. The molecule has 0 aliphatic carbocycles. The second-order valence-corrected chi connectivity index (χ2v) is 3.89.